The van der Waals surface area contributed by atoms with Crippen LogP contribution < -0.4 is 16.4 Å². The third-order valence-electron chi connectivity index (χ3n) is 7.92. The Hall–Kier alpha value is -2.51. The highest BCUT2D eigenvalue weighted by atomic mass is 35.5. The molecule has 1 aromatic carbocycles. The van der Waals surface area contributed by atoms with Crippen LogP contribution in [0.4, 0.5) is 10.1 Å². The lowest BCUT2D eigenvalue weighted by Crippen LogP contribution is -2.61. The molecule has 1 saturated carbocycles. The first-order chi connectivity index (χ1) is 15.1. The number of nitrogens with one attached hydrogen (secondary N) is 2. The highest BCUT2D eigenvalue weighted by molar-refractivity contribution is 6.29. The zero-order valence-electron chi connectivity index (χ0n) is 18.0. The van der Waals surface area contributed by atoms with E-state index >= 15 is 4.39 Å². The second kappa shape index (κ2) is 6.99. The predicted molar refractivity (Wildman–Crippen MR) is 120 cm³/mol. The van der Waals surface area contributed by atoms with Gasteiger partial charge in [-0.3, -0.25) is 14.9 Å². The van der Waals surface area contributed by atoms with Crippen molar-refractivity contribution in [3.05, 3.63) is 58.6 Å². The summed E-state index contributed by atoms with van der Waals surface area (Å²) in [6.45, 7) is 4.41. The molecular weight excluding hydrogens is 431 g/mol. The predicted octanol–water partition coefficient (Wildman–Crippen LogP) is 3.64. The van der Waals surface area contributed by atoms with Gasteiger partial charge in [0.2, 0.25) is 11.8 Å². The van der Waals surface area contributed by atoms with Gasteiger partial charge in [0.1, 0.15) is 5.41 Å². The van der Waals surface area contributed by atoms with Crippen LogP contribution in [0.2, 0.25) is 5.15 Å². The number of primary amides is 1. The molecule has 4 N–H and O–H groups in total. The molecule has 1 aromatic heterocycles. The molecule has 3 unspecified atom stereocenters. The Morgan fingerprint density at radius 2 is 1.88 bits per heavy atom. The first-order valence-electron chi connectivity index (χ1n) is 10.9. The van der Waals surface area contributed by atoms with Crippen LogP contribution in [0, 0.1) is 11.2 Å². The van der Waals surface area contributed by atoms with Crippen LogP contribution in [0.5, 0.6) is 0 Å². The lowest BCUT2D eigenvalue weighted by molar-refractivity contribution is -0.124. The molecule has 2 fully saturated rings. The third kappa shape index (κ3) is 2.70. The summed E-state index contributed by atoms with van der Waals surface area (Å²) in [4.78, 5) is 30.5. The third-order valence-corrected chi connectivity index (χ3v) is 8.18. The van der Waals surface area contributed by atoms with E-state index in [9.17, 15) is 9.59 Å². The number of hydrogen-bond acceptors (Lipinski definition) is 4. The number of rotatable bonds is 2. The zero-order chi connectivity index (χ0) is 22.9. The number of halogens is 2. The summed E-state index contributed by atoms with van der Waals surface area (Å²) in [6.07, 6.45) is 4.43. The number of anilines is 1. The number of aromatic nitrogens is 1. The van der Waals surface area contributed by atoms with Gasteiger partial charge in [-0.25, -0.2) is 9.37 Å². The number of hydrogen-bond donors (Lipinski definition) is 3. The number of amides is 2. The lowest BCUT2D eigenvalue weighted by atomic mass is 9.53. The Morgan fingerprint density at radius 3 is 2.56 bits per heavy atom. The Morgan fingerprint density at radius 1 is 1.19 bits per heavy atom. The van der Waals surface area contributed by atoms with Crippen LogP contribution in [-0.4, -0.2) is 28.4 Å². The molecule has 1 saturated heterocycles. The second-order valence-corrected chi connectivity index (χ2v) is 10.4. The van der Waals surface area contributed by atoms with Gasteiger partial charge in [-0.1, -0.05) is 43.6 Å². The summed E-state index contributed by atoms with van der Waals surface area (Å²) in [7, 11) is 0. The van der Waals surface area contributed by atoms with E-state index in [0.717, 1.165) is 18.4 Å². The van der Waals surface area contributed by atoms with Gasteiger partial charge in [0.25, 0.3) is 0 Å². The summed E-state index contributed by atoms with van der Waals surface area (Å²) in [5.74, 6) is -2.46. The SMILES string of the molecule is CC1(C)CCC2(CC1)NC(C(N)=O)C(c1ccnc(Cl)c1F)C21C(=O)Nc2ccccc21. The lowest BCUT2D eigenvalue weighted by Gasteiger charge is -2.50. The topological polar surface area (TPSA) is 97.1 Å². The number of benzene rings is 1. The number of nitrogens with two attached hydrogens (primary N) is 1. The van der Waals surface area contributed by atoms with E-state index in [1.54, 1.807) is 0 Å². The number of carbonyl (C=O) groups excluding carboxylic acids is 2. The van der Waals surface area contributed by atoms with E-state index in [0.29, 0.717) is 18.5 Å². The van der Waals surface area contributed by atoms with Crippen molar-refractivity contribution in [3.8, 4) is 0 Å². The Balaban J connectivity index is 1.83. The molecule has 2 spiro atoms. The van der Waals surface area contributed by atoms with Gasteiger partial charge in [-0.05, 0) is 54.4 Å². The van der Waals surface area contributed by atoms with Gasteiger partial charge in [0.15, 0.2) is 11.0 Å². The molecule has 3 aliphatic rings. The maximum absolute atomic E-state index is 15.4. The van der Waals surface area contributed by atoms with Gasteiger partial charge in [-0.2, -0.15) is 0 Å². The molecule has 6 nitrogen and oxygen atoms in total. The maximum Gasteiger partial charge on any atom is 0.237 e. The van der Waals surface area contributed by atoms with Crippen molar-refractivity contribution in [1.29, 1.82) is 0 Å². The minimum Gasteiger partial charge on any atom is -0.368 e. The van der Waals surface area contributed by atoms with Crippen LogP contribution in [0.3, 0.4) is 0 Å². The van der Waals surface area contributed by atoms with E-state index in [-0.39, 0.29) is 22.0 Å². The van der Waals surface area contributed by atoms with Crippen LogP contribution in [0.1, 0.15) is 56.6 Å². The van der Waals surface area contributed by atoms with Crippen molar-refractivity contribution in [3.63, 3.8) is 0 Å². The standard InChI is InChI=1S/C24H26ClFN4O2/c1-22(2)8-10-23(11-9-22)24(14-5-3-4-6-15(14)29-21(24)32)16(18(30-23)20(27)31)13-7-12-28-19(25)17(13)26/h3-7,12,16,18,30H,8-11H2,1-2H3,(H2,27,31)(H,29,32). The average Bonchev–Trinajstić information content (AvgIpc) is 3.21. The van der Waals surface area contributed by atoms with Crippen molar-refractivity contribution >= 4 is 29.1 Å². The van der Waals surface area contributed by atoms with E-state index in [2.05, 4.69) is 29.5 Å². The minimum absolute atomic E-state index is 0.105. The number of pyridine rings is 1. The van der Waals surface area contributed by atoms with Gasteiger partial charge < -0.3 is 11.1 Å². The fraction of sp³-hybridized carbons (Fsp3) is 0.458. The summed E-state index contributed by atoms with van der Waals surface area (Å²) in [6, 6.07) is 8.01. The van der Waals surface area contributed by atoms with Gasteiger partial charge in [0.05, 0.1) is 6.04 Å². The highest BCUT2D eigenvalue weighted by Gasteiger charge is 2.72. The second-order valence-electron chi connectivity index (χ2n) is 10.1. The van der Waals surface area contributed by atoms with E-state index in [4.69, 9.17) is 17.3 Å². The zero-order valence-corrected chi connectivity index (χ0v) is 18.8. The first kappa shape index (κ1) is 21.3. The Kier molecular flexibility index (Phi) is 4.66. The largest absolute Gasteiger partial charge is 0.368 e. The van der Waals surface area contributed by atoms with Crippen LogP contribution in [-0.2, 0) is 15.0 Å². The summed E-state index contributed by atoms with van der Waals surface area (Å²) < 4.78 is 15.4. The van der Waals surface area contributed by atoms with Crippen molar-refractivity contribution in [2.45, 2.75) is 62.4 Å². The molecule has 2 aromatic rings. The van der Waals surface area contributed by atoms with Crippen molar-refractivity contribution < 1.29 is 14.0 Å². The number of carbonyl (C=O) groups is 2. The van der Waals surface area contributed by atoms with E-state index in [1.807, 2.05) is 24.3 Å². The molecule has 2 amide bonds. The van der Waals surface area contributed by atoms with Crippen LogP contribution in [0.15, 0.2) is 36.5 Å². The molecule has 32 heavy (non-hydrogen) atoms. The quantitative estimate of drug-likeness (QED) is 0.601. The summed E-state index contributed by atoms with van der Waals surface area (Å²) in [5, 5.41) is 6.20. The molecule has 3 atom stereocenters. The normalized spacial score (nSPS) is 29.8. The highest BCUT2D eigenvalue weighted by Crippen LogP contribution is 2.63. The van der Waals surface area contributed by atoms with Crippen LogP contribution in [0.25, 0.3) is 0 Å². The summed E-state index contributed by atoms with van der Waals surface area (Å²) in [5.41, 5.74) is 5.62. The molecule has 8 heteroatoms. The first-order valence-corrected chi connectivity index (χ1v) is 11.3. The van der Waals surface area contributed by atoms with Crippen molar-refractivity contribution in [2.75, 3.05) is 5.32 Å². The minimum atomic E-state index is -1.22. The fourth-order valence-electron chi connectivity index (χ4n) is 6.32. The summed E-state index contributed by atoms with van der Waals surface area (Å²) >= 11 is 6.04. The molecule has 1 aliphatic carbocycles. The molecule has 5 rings (SSSR count). The Bertz CT molecular complexity index is 1130. The monoisotopic (exact) mass is 456 g/mol. The number of fused-ring (bicyclic) bond motifs is 3. The molecular formula is C24H26ClFN4O2. The number of para-hydroxylation sites is 1. The smallest absolute Gasteiger partial charge is 0.237 e. The van der Waals surface area contributed by atoms with Gasteiger partial charge >= 0.3 is 0 Å². The molecule has 3 heterocycles. The van der Waals surface area contributed by atoms with Crippen molar-refractivity contribution in [2.24, 2.45) is 11.1 Å². The molecule has 2 aliphatic heterocycles. The molecule has 0 radical (unpaired) electrons. The maximum atomic E-state index is 15.4. The van der Waals surface area contributed by atoms with Gasteiger partial charge in [-0.15, -0.1) is 0 Å². The number of nitrogens with zero attached hydrogens (tertiary/aromatic N) is 1. The van der Waals surface area contributed by atoms with E-state index < -0.39 is 34.6 Å². The molecule has 168 valence electrons. The van der Waals surface area contributed by atoms with Crippen LogP contribution >= 0.6 is 11.6 Å². The van der Waals surface area contributed by atoms with Gasteiger partial charge in [0, 0.05) is 23.3 Å². The average molecular weight is 457 g/mol. The van der Waals surface area contributed by atoms with Crippen molar-refractivity contribution in [1.82, 2.24) is 10.3 Å². The Labute approximate surface area is 191 Å². The fourth-order valence-corrected chi connectivity index (χ4v) is 6.48. The van der Waals surface area contributed by atoms with E-state index in [1.165, 1.54) is 12.3 Å². The molecule has 0 bridgehead atoms.